The maximum absolute atomic E-state index is 12.8. The molecule has 0 aliphatic carbocycles. The molecule has 120 valence electrons. The summed E-state index contributed by atoms with van der Waals surface area (Å²) in [7, 11) is -3.47. The molecule has 2 aliphatic heterocycles. The lowest BCUT2D eigenvalue weighted by molar-refractivity contribution is 0.174. The van der Waals surface area contributed by atoms with E-state index in [9.17, 15) is 8.42 Å². The zero-order valence-corrected chi connectivity index (χ0v) is 13.6. The number of sulfonamides is 1. The van der Waals surface area contributed by atoms with Crippen molar-refractivity contribution in [1.29, 1.82) is 0 Å². The predicted molar refractivity (Wildman–Crippen MR) is 85.0 cm³/mol. The standard InChI is InChI=1S/C17H17NO4S/c1-12-2-4-15(5-3-12)23(19,20)18-7-6-13-8-16-17(22-11-21-16)9-14(13)10-18/h2-5,8-9H,6-7,10-11H2,1H3. The van der Waals surface area contributed by atoms with E-state index in [0.717, 1.165) is 22.4 Å². The van der Waals surface area contributed by atoms with E-state index in [1.807, 2.05) is 31.2 Å². The van der Waals surface area contributed by atoms with Gasteiger partial charge in [0.15, 0.2) is 11.5 Å². The molecule has 0 unspecified atom stereocenters. The third-order valence-corrected chi connectivity index (χ3v) is 6.19. The minimum absolute atomic E-state index is 0.226. The lowest BCUT2D eigenvalue weighted by atomic mass is 10.0. The van der Waals surface area contributed by atoms with Gasteiger partial charge in [-0.1, -0.05) is 17.7 Å². The normalized spacial score (nSPS) is 17.1. The molecule has 0 amide bonds. The first-order valence-corrected chi connectivity index (χ1v) is 8.96. The summed E-state index contributed by atoms with van der Waals surface area (Å²) in [6.07, 6.45) is 0.678. The highest BCUT2D eigenvalue weighted by Gasteiger charge is 2.30. The Morgan fingerprint density at radius 2 is 1.65 bits per heavy atom. The van der Waals surface area contributed by atoms with Crippen LogP contribution in [0.3, 0.4) is 0 Å². The lowest BCUT2D eigenvalue weighted by Crippen LogP contribution is -2.35. The van der Waals surface area contributed by atoms with Gasteiger partial charge in [-0.25, -0.2) is 8.42 Å². The van der Waals surface area contributed by atoms with Crippen molar-refractivity contribution < 1.29 is 17.9 Å². The van der Waals surface area contributed by atoms with Crippen LogP contribution in [0.25, 0.3) is 0 Å². The quantitative estimate of drug-likeness (QED) is 0.848. The van der Waals surface area contributed by atoms with Crippen LogP contribution in [-0.4, -0.2) is 26.1 Å². The summed E-state index contributed by atoms with van der Waals surface area (Å²) < 4.78 is 37.9. The molecule has 0 spiro atoms. The van der Waals surface area contributed by atoms with Gasteiger partial charge in [0.05, 0.1) is 4.90 Å². The van der Waals surface area contributed by atoms with Gasteiger partial charge in [0, 0.05) is 13.1 Å². The first-order chi connectivity index (χ1) is 11.0. The van der Waals surface area contributed by atoms with Crippen LogP contribution in [0, 0.1) is 6.92 Å². The molecule has 2 heterocycles. The van der Waals surface area contributed by atoms with Gasteiger partial charge in [-0.2, -0.15) is 4.31 Å². The molecule has 23 heavy (non-hydrogen) atoms. The Balaban J connectivity index is 1.66. The van der Waals surface area contributed by atoms with Crippen LogP contribution >= 0.6 is 0 Å². The number of fused-ring (bicyclic) bond motifs is 2. The topological polar surface area (TPSA) is 55.8 Å². The van der Waals surface area contributed by atoms with Crippen LogP contribution in [-0.2, 0) is 23.0 Å². The average Bonchev–Trinajstić information content (AvgIpc) is 2.99. The minimum atomic E-state index is -3.47. The minimum Gasteiger partial charge on any atom is -0.454 e. The predicted octanol–water partition coefficient (Wildman–Crippen LogP) is 2.47. The molecule has 0 N–H and O–H groups in total. The van der Waals surface area contributed by atoms with Gasteiger partial charge in [0.25, 0.3) is 0 Å². The Labute approximate surface area is 135 Å². The fourth-order valence-electron chi connectivity index (χ4n) is 2.98. The highest BCUT2D eigenvalue weighted by Crippen LogP contribution is 2.37. The molecule has 0 saturated heterocycles. The first-order valence-electron chi connectivity index (χ1n) is 7.52. The van der Waals surface area contributed by atoms with E-state index in [0.29, 0.717) is 30.2 Å². The number of hydrogen-bond acceptors (Lipinski definition) is 4. The number of hydrogen-bond donors (Lipinski definition) is 0. The summed E-state index contributed by atoms with van der Waals surface area (Å²) in [6.45, 7) is 3.00. The molecular formula is C17H17NO4S. The van der Waals surface area contributed by atoms with E-state index < -0.39 is 10.0 Å². The van der Waals surface area contributed by atoms with Crippen LogP contribution < -0.4 is 9.47 Å². The van der Waals surface area contributed by atoms with Gasteiger partial charge in [-0.05, 0) is 48.7 Å². The maximum atomic E-state index is 12.8. The Morgan fingerprint density at radius 1 is 1.00 bits per heavy atom. The van der Waals surface area contributed by atoms with Crippen LogP contribution in [0.1, 0.15) is 16.7 Å². The molecule has 0 radical (unpaired) electrons. The third kappa shape index (κ3) is 2.48. The fourth-order valence-corrected chi connectivity index (χ4v) is 4.40. The lowest BCUT2D eigenvalue weighted by Gasteiger charge is -2.28. The summed E-state index contributed by atoms with van der Waals surface area (Å²) in [4.78, 5) is 0.340. The van der Waals surface area contributed by atoms with Crippen molar-refractivity contribution in [2.24, 2.45) is 0 Å². The van der Waals surface area contributed by atoms with Crippen LogP contribution in [0.2, 0.25) is 0 Å². The maximum Gasteiger partial charge on any atom is 0.243 e. The monoisotopic (exact) mass is 331 g/mol. The zero-order valence-electron chi connectivity index (χ0n) is 12.8. The smallest absolute Gasteiger partial charge is 0.243 e. The van der Waals surface area contributed by atoms with Crippen LogP contribution in [0.15, 0.2) is 41.3 Å². The van der Waals surface area contributed by atoms with Crippen molar-refractivity contribution in [3.8, 4) is 11.5 Å². The van der Waals surface area contributed by atoms with Crippen molar-refractivity contribution in [3.63, 3.8) is 0 Å². The van der Waals surface area contributed by atoms with Gasteiger partial charge in [0.1, 0.15) is 0 Å². The van der Waals surface area contributed by atoms with E-state index in [2.05, 4.69) is 0 Å². The molecule has 5 nitrogen and oxygen atoms in total. The van der Waals surface area contributed by atoms with Gasteiger partial charge in [0.2, 0.25) is 16.8 Å². The fraction of sp³-hybridized carbons (Fsp3) is 0.294. The Kier molecular flexibility index (Phi) is 3.32. The van der Waals surface area contributed by atoms with Crippen molar-refractivity contribution in [2.45, 2.75) is 24.8 Å². The largest absolute Gasteiger partial charge is 0.454 e. The molecular weight excluding hydrogens is 314 g/mol. The number of nitrogens with zero attached hydrogens (tertiary/aromatic N) is 1. The summed E-state index contributed by atoms with van der Waals surface area (Å²) >= 11 is 0. The van der Waals surface area contributed by atoms with Gasteiger partial charge in [-0.15, -0.1) is 0 Å². The SMILES string of the molecule is Cc1ccc(S(=O)(=O)N2CCc3cc4c(cc3C2)OCO4)cc1. The van der Waals surface area contributed by atoms with E-state index in [4.69, 9.17) is 9.47 Å². The molecule has 4 rings (SSSR count). The highest BCUT2D eigenvalue weighted by molar-refractivity contribution is 7.89. The molecule has 2 aromatic rings. The molecule has 2 aromatic carbocycles. The van der Waals surface area contributed by atoms with Gasteiger partial charge >= 0.3 is 0 Å². The van der Waals surface area contributed by atoms with E-state index >= 15 is 0 Å². The second-order valence-electron chi connectivity index (χ2n) is 5.88. The van der Waals surface area contributed by atoms with E-state index in [1.165, 1.54) is 4.31 Å². The highest BCUT2D eigenvalue weighted by atomic mass is 32.2. The zero-order chi connectivity index (χ0) is 16.0. The molecule has 2 aliphatic rings. The second-order valence-corrected chi connectivity index (χ2v) is 7.81. The molecule has 0 aromatic heterocycles. The van der Waals surface area contributed by atoms with Crippen molar-refractivity contribution >= 4 is 10.0 Å². The van der Waals surface area contributed by atoms with Crippen molar-refractivity contribution in [2.75, 3.05) is 13.3 Å². The van der Waals surface area contributed by atoms with Gasteiger partial charge in [-0.3, -0.25) is 0 Å². The van der Waals surface area contributed by atoms with Crippen molar-refractivity contribution in [3.05, 3.63) is 53.1 Å². The summed E-state index contributed by atoms with van der Waals surface area (Å²) in [5.74, 6) is 1.44. The summed E-state index contributed by atoms with van der Waals surface area (Å²) in [5, 5.41) is 0. The Hall–Kier alpha value is -2.05. The molecule has 6 heteroatoms. The average molecular weight is 331 g/mol. The summed E-state index contributed by atoms with van der Waals surface area (Å²) in [6, 6.07) is 10.8. The van der Waals surface area contributed by atoms with Crippen LogP contribution in [0.5, 0.6) is 11.5 Å². The first kappa shape index (κ1) is 14.5. The van der Waals surface area contributed by atoms with Crippen molar-refractivity contribution in [1.82, 2.24) is 4.31 Å². The number of rotatable bonds is 2. The number of ether oxygens (including phenoxy) is 2. The third-order valence-electron chi connectivity index (χ3n) is 4.33. The molecule has 0 saturated carbocycles. The Morgan fingerprint density at radius 3 is 2.35 bits per heavy atom. The Bertz CT molecular complexity index is 859. The van der Waals surface area contributed by atoms with Crippen LogP contribution in [0.4, 0.5) is 0 Å². The molecule has 0 bridgehead atoms. The number of aryl methyl sites for hydroxylation is 1. The molecule has 0 atom stereocenters. The van der Waals surface area contributed by atoms with E-state index in [-0.39, 0.29) is 6.79 Å². The second kappa shape index (κ2) is 5.25. The molecule has 0 fully saturated rings. The number of benzene rings is 2. The van der Waals surface area contributed by atoms with E-state index in [1.54, 1.807) is 12.1 Å². The summed E-state index contributed by atoms with van der Waals surface area (Å²) in [5.41, 5.74) is 3.15. The van der Waals surface area contributed by atoms with Gasteiger partial charge < -0.3 is 9.47 Å².